The molecule has 2 aromatic carbocycles. The number of nitro groups is 1. The van der Waals surface area contributed by atoms with Crippen molar-refractivity contribution in [1.82, 2.24) is 10.2 Å². The number of nitrogens with zero attached hydrogens (tertiary/aromatic N) is 3. The van der Waals surface area contributed by atoms with Gasteiger partial charge in [-0.25, -0.2) is 0 Å². The van der Waals surface area contributed by atoms with Crippen LogP contribution in [0.2, 0.25) is 10.0 Å². The van der Waals surface area contributed by atoms with Crippen molar-refractivity contribution in [1.29, 1.82) is 0 Å². The molecule has 3 rings (SSSR count). The molecule has 0 aliphatic carbocycles. The summed E-state index contributed by atoms with van der Waals surface area (Å²) in [4.78, 5) is 22.6. The predicted octanol–water partition coefficient (Wildman–Crippen LogP) is 4.68. The standard InChI is InChI=1S/C16H10Cl2N4O4S/c17-9-5-10(18)7-11(6-9)19-14(23)8-27-16-21-20-15(26-16)12-3-1-2-4-13(12)22(24)25/h1-7H,8H2,(H,19,23). The second-order valence-electron chi connectivity index (χ2n) is 5.14. The van der Waals surface area contributed by atoms with Crippen molar-refractivity contribution < 1.29 is 14.1 Å². The van der Waals surface area contributed by atoms with Crippen LogP contribution in [0.15, 0.2) is 52.1 Å². The third-order valence-corrected chi connectivity index (χ3v) is 4.47. The third-order valence-electron chi connectivity index (χ3n) is 3.21. The van der Waals surface area contributed by atoms with Crippen molar-refractivity contribution in [3.8, 4) is 11.5 Å². The van der Waals surface area contributed by atoms with Gasteiger partial charge in [-0.1, -0.05) is 47.1 Å². The lowest BCUT2D eigenvalue weighted by atomic mass is 10.2. The van der Waals surface area contributed by atoms with Gasteiger partial charge in [0.1, 0.15) is 5.56 Å². The fraction of sp³-hybridized carbons (Fsp3) is 0.0625. The van der Waals surface area contributed by atoms with Crippen LogP contribution in [0, 0.1) is 10.1 Å². The van der Waals surface area contributed by atoms with Gasteiger partial charge in [0, 0.05) is 21.8 Å². The zero-order chi connectivity index (χ0) is 19.4. The minimum atomic E-state index is -0.532. The van der Waals surface area contributed by atoms with Crippen molar-refractivity contribution in [2.24, 2.45) is 0 Å². The molecule has 8 nitrogen and oxygen atoms in total. The summed E-state index contributed by atoms with van der Waals surface area (Å²) in [7, 11) is 0. The van der Waals surface area contributed by atoms with Crippen molar-refractivity contribution >= 4 is 52.2 Å². The first-order chi connectivity index (χ1) is 12.9. The van der Waals surface area contributed by atoms with Gasteiger partial charge < -0.3 is 9.73 Å². The number of halogens is 2. The van der Waals surface area contributed by atoms with E-state index in [9.17, 15) is 14.9 Å². The molecule has 1 heterocycles. The number of nitrogens with one attached hydrogen (secondary N) is 1. The summed E-state index contributed by atoms with van der Waals surface area (Å²) in [5.41, 5.74) is 0.525. The van der Waals surface area contributed by atoms with Gasteiger partial charge >= 0.3 is 0 Å². The molecule has 11 heteroatoms. The molecule has 3 aromatic rings. The second kappa shape index (κ2) is 8.38. The molecule has 1 aromatic heterocycles. The van der Waals surface area contributed by atoms with E-state index in [2.05, 4.69) is 15.5 Å². The molecule has 138 valence electrons. The molecule has 0 radical (unpaired) electrons. The molecule has 0 unspecified atom stereocenters. The van der Waals surface area contributed by atoms with E-state index in [1.54, 1.807) is 30.3 Å². The first kappa shape index (κ1) is 19.2. The molecule has 0 saturated carbocycles. The van der Waals surface area contributed by atoms with E-state index < -0.39 is 4.92 Å². The first-order valence-electron chi connectivity index (χ1n) is 7.38. The van der Waals surface area contributed by atoms with E-state index in [4.69, 9.17) is 27.6 Å². The molecule has 0 atom stereocenters. The lowest BCUT2D eigenvalue weighted by Gasteiger charge is -2.05. The average molecular weight is 425 g/mol. The van der Waals surface area contributed by atoms with Crippen LogP contribution in [0.25, 0.3) is 11.5 Å². The number of benzene rings is 2. The Morgan fingerprint density at radius 3 is 2.59 bits per heavy atom. The van der Waals surface area contributed by atoms with E-state index in [0.717, 1.165) is 11.8 Å². The van der Waals surface area contributed by atoms with E-state index in [0.29, 0.717) is 15.7 Å². The van der Waals surface area contributed by atoms with Crippen LogP contribution in [0.1, 0.15) is 0 Å². The molecule has 0 aliphatic rings. The predicted molar refractivity (Wildman–Crippen MR) is 102 cm³/mol. The van der Waals surface area contributed by atoms with Crippen molar-refractivity contribution in [3.63, 3.8) is 0 Å². The Morgan fingerprint density at radius 1 is 1.19 bits per heavy atom. The summed E-state index contributed by atoms with van der Waals surface area (Å²) in [5.74, 6) is -0.335. The summed E-state index contributed by atoms with van der Waals surface area (Å²) in [6.07, 6.45) is 0. The summed E-state index contributed by atoms with van der Waals surface area (Å²) in [6, 6.07) is 10.7. The minimum absolute atomic E-state index is 0.00633. The van der Waals surface area contributed by atoms with Crippen LogP contribution >= 0.6 is 35.0 Å². The van der Waals surface area contributed by atoms with Gasteiger partial charge in [0.15, 0.2) is 0 Å². The molecule has 1 N–H and O–H groups in total. The van der Waals surface area contributed by atoms with Crippen LogP contribution in [0.5, 0.6) is 0 Å². The van der Waals surface area contributed by atoms with Crippen molar-refractivity contribution in [2.45, 2.75) is 5.22 Å². The van der Waals surface area contributed by atoms with Gasteiger partial charge in [-0.3, -0.25) is 14.9 Å². The number of para-hydroxylation sites is 1. The second-order valence-corrected chi connectivity index (χ2v) is 6.94. The van der Waals surface area contributed by atoms with Gasteiger partial charge in [0.05, 0.1) is 10.7 Å². The van der Waals surface area contributed by atoms with E-state index >= 15 is 0 Å². The third kappa shape index (κ3) is 4.97. The highest BCUT2D eigenvalue weighted by molar-refractivity contribution is 7.99. The number of carbonyl (C=O) groups excluding carboxylic acids is 1. The van der Waals surface area contributed by atoms with Crippen LogP contribution in [0.4, 0.5) is 11.4 Å². The van der Waals surface area contributed by atoms with E-state index in [-0.39, 0.29) is 34.0 Å². The number of hydrogen-bond donors (Lipinski definition) is 1. The molecule has 0 bridgehead atoms. The van der Waals surface area contributed by atoms with Gasteiger partial charge in [-0.05, 0) is 24.3 Å². The lowest BCUT2D eigenvalue weighted by Crippen LogP contribution is -2.13. The van der Waals surface area contributed by atoms with Crippen LogP contribution < -0.4 is 5.32 Å². The van der Waals surface area contributed by atoms with Gasteiger partial charge in [0.2, 0.25) is 5.91 Å². The topological polar surface area (TPSA) is 111 Å². The average Bonchev–Trinajstić information content (AvgIpc) is 3.08. The Bertz CT molecular complexity index is 991. The molecule has 0 saturated heterocycles. The normalized spacial score (nSPS) is 10.6. The molecule has 27 heavy (non-hydrogen) atoms. The number of thioether (sulfide) groups is 1. The monoisotopic (exact) mass is 424 g/mol. The highest BCUT2D eigenvalue weighted by atomic mass is 35.5. The van der Waals surface area contributed by atoms with Crippen LogP contribution in [-0.2, 0) is 4.79 Å². The lowest BCUT2D eigenvalue weighted by molar-refractivity contribution is -0.384. The maximum atomic E-state index is 12.0. The zero-order valence-electron chi connectivity index (χ0n) is 13.4. The maximum Gasteiger partial charge on any atom is 0.282 e. The molecular formula is C16H10Cl2N4O4S. The Morgan fingerprint density at radius 2 is 1.89 bits per heavy atom. The minimum Gasteiger partial charge on any atom is -0.411 e. The number of amides is 1. The van der Waals surface area contributed by atoms with Gasteiger partial charge in [0.25, 0.3) is 16.8 Å². The number of hydrogen-bond acceptors (Lipinski definition) is 7. The van der Waals surface area contributed by atoms with E-state index in [1.165, 1.54) is 12.1 Å². The van der Waals surface area contributed by atoms with E-state index in [1.807, 2.05) is 0 Å². The van der Waals surface area contributed by atoms with Gasteiger partial charge in [-0.2, -0.15) is 0 Å². The molecule has 0 fully saturated rings. The SMILES string of the molecule is O=C(CSc1nnc(-c2ccccc2[N+](=O)[O-])o1)Nc1cc(Cl)cc(Cl)c1. The number of rotatable bonds is 6. The Hall–Kier alpha value is -2.62. The summed E-state index contributed by atoms with van der Waals surface area (Å²) in [5, 5.41) is 22.2. The van der Waals surface area contributed by atoms with Crippen molar-refractivity contribution in [2.75, 3.05) is 11.1 Å². The number of nitro benzene ring substituents is 1. The molecule has 1 amide bonds. The largest absolute Gasteiger partial charge is 0.411 e. The number of carbonyl (C=O) groups is 1. The van der Waals surface area contributed by atoms with Crippen LogP contribution in [-0.4, -0.2) is 26.8 Å². The molecular weight excluding hydrogens is 415 g/mol. The number of anilines is 1. The first-order valence-corrected chi connectivity index (χ1v) is 9.12. The summed E-state index contributed by atoms with van der Waals surface area (Å²) in [6.45, 7) is 0. The van der Waals surface area contributed by atoms with Crippen LogP contribution in [0.3, 0.4) is 0 Å². The van der Waals surface area contributed by atoms with Crippen molar-refractivity contribution in [3.05, 3.63) is 62.6 Å². The Kier molecular flexibility index (Phi) is 5.94. The fourth-order valence-electron chi connectivity index (χ4n) is 2.14. The highest BCUT2D eigenvalue weighted by Crippen LogP contribution is 2.30. The number of aromatic nitrogens is 2. The quantitative estimate of drug-likeness (QED) is 0.347. The summed E-state index contributed by atoms with van der Waals surface area (Å²) >= 11 is 12.8. The highest BCUT2D eigenvalue weighted by Gasteiger charge is 2.20. The smallest absolute Gasteiger partial charge is 0.282 e. The zero-order valence-corrected chi connectivity index (χ0v) is 15.7. The molecule has 0 aliphatic heterocycles. The Labute approximate surface area is 167 Å². The van der Waals surface area contributed by atoms with Gasteiger partial charge in [-0.15, -0.1) is 10.2 Å². The maximum absolute atomic E-state index is 12.0. The molecule has 0 spiro atoms. The fourth-order valence-corrected chi connectivity index (χ4v) is 3.23. The summed E-state index contributed by atoms with van der Waals surface area (Å²) < 4.78 is 5.41. The Balaban J connectivity index is 1.65.